The van der Waals surface area contributed by atoms with Crippen molar-refractivity contribution in [1.29, 1.82) is 0 Å². The van der Waals surface area contributed by atoms with Gasteiger partial charge in [-0.15, -0.1) is 0 Å². The lowest BCUT2D eigenvalue weighted by molar-refractivity contribution is -0.142. The average molecular weight is 248 g/mol. The normalized spacial score (nSPS) is 20.6. The molecule has 16 heavy (non-hydrogen) atoms. The van der Waals surface area contributed by atoms with E-state index in [1.807, 2.05) is 6.92 Å². The molecule has 0 aromatic carbocycles. The summed E-state index contributed by atoms with van der Waals surface area (Å²) in [6, 6.07) is 0. The Hall–Kier alpha value is -0.910. The summed E-state index contributed by atoms with van der Waals surface area (Å²) < 4.78 is 38.2. The Morgan fingerprint density at radius 2 is 2.12 bits per heavy atom. The average Bonchev–Trinajstić information content (AvgIpc) is 2.16. The monoisotopic (exact) mass is 248 g/mol. The molecule has 0 saturated carbocycles. The molecule has 1 aliphatic carbocycles. The van der Waals surface area contributed by atoms with Crippen LogP contribution < -0.4 is 0 Å². The maximum absolute atomic E-state index is 12.8. The zero-order chi connectivity index (χ0) is 11.9. The molecule has 0 amide bonds. The molecule has 88 valence electrons. The molecule has 1 aromatic rings. The van der Waals surface area contributed by atoms with Crippen LogP contribution in [0.25, 0.3) is 0 Å². The summed E-state index contributed by atoms with van der Waals surface area (Å²) in [5.41, 5.74) is 0.0862. The quantitative estimate of drug-likeness (QED) is 0.714. The van der Waals surface area contributed by atoms with E-state index in [0.29, 0.717) is 24.1 Å². The summed E-state index contributed by atoms with van der Waals surface area (Å²) in [5, 5.41) is 0. The summed E-state index contributed by atoms with van der Waals surface area (Å²) in [6.07, 6.45) is -2.49. The number of nitrogens with one attached hydrogen (secondary N) is 1. The molecule has 1 aromatic heterocycles. The molecular formula is C10H11F3N2S. The lowest BCUT2D eigenvalue weighted by Gasteiger charge is -2.23. The van der Waals surface area contributed by atoms with E-state index in [1.54, 1.807) is 0 Å². The van der Waals surface area contributed by atoms with Gasteiger partial charge in [-0.05, 0) is 37.4 Å². The molecule has 0 fully saturated rings. The fourth-order valence-corrected chi connectivity index (χ4v) is 2.27. The van der Waals surface area contributed by atoms with Crippen LogP contribution in [0.15, 0.2) is 0 Å². The number of alkyl halides is 3. The van der Waals surface area contributed by atoms with Crippen molar-refractivity contribution in [3.63, 3.8) is 0 Å². The van der Waals surface area contributed by atoms with E-state index >= 15 is 0 Å². The van der Waals surface area contributed by atoms with Gasteiger partial charge in [0.25, 0.3) is 0 Å². The van der Waals surface area contributed by atoms with Gasteiger partial charge in [0.15, 0.2) is 10.5 Å². The van der Waals surface area contributed by atoms with E-state index in [-0.39, 0.29) is 10.7 Å². The van der Waals surface area contributed by atoms with Crippen LogP contribution >= 0.6 is 12.2 Å². The van der Waals surface area contributed by atoms with E-state index in [9.17, 15) is 13.2 Å². The number of aryl methyl sites for hydroxylation is 1. The lowest BCUT2D eigenvalue weighted by atomic mass is 9.87. The highest BCUT2D eigenvalue weighted by Gasteiger charge is 2.37. The zero-order valence-electron chi connectivity index (χ0n) is 8.69. The molecule has 1 heterocycles. The number of hydrogen-bond acceptors (Lipinski definition) is 2. The number of hydrogen-bond donors (Lipinski definition) is 1. The van der Waals surface area contributed by atoms with E-state index < -0.39 is 11.9 Å². The third kappa shape index (κ3) is 2.11. The maximum atomic E-state index is 12.8. The molecule has 6 heteroatoms. The van der Waals surface area contributed by atoms with Crippen molar-refractivity contribution >= 4 is 12.2 Å². The molecule has 0 bridgehead atoms. The van der Waals surface area contributed by atoms with Crippen molar-refractivity contribution in [3.8, 4) is 0 Å². The minimum absolute atomic E-state index is 0.0828. The number of halogens is 3. The van der Waals surface area contributed by atoms with Crippen LogP contribution in [0.2, 0.25) is 0 Å². The first-order chi connectivity index (χ1) is 7.38. The van der Waals surface area contributed by atoms with Gasteiger partial charge >= 0.3 is 6.18 Å². The highest BCUT2D eigenvalue weighted by Crippen LogP contribution is 2.35. The predicted octanol–water partition coefficient (Wildman–Crippen LogP) is 3.28. The predicted molar refractivity (Wildman–Crippen MR) is 55.6 cm³/mol. The minimum atomic E-state index is -4.41. The Morgan fingerprint density at radius 3 is 2.75 bits per heavy atom. The number of rotatable bonds is 0. The second-order valence-electron chi connectivity index (χ2n) is 4.19. The Labute approximate surface area is 95.9 Å². The molecular weight excluding hydrogens is 237 g/mol. The summed E-state index contributed by atoms with van der Waals surface area (Å²) in [7, 11) is 0. The van der Waals surface area contributed by atoms with Crippen LogP contribution in [-0.4, -0.2) is 9.97 Å². The van der Waals surface area contributed by atoms with Crippen LogP contribution in [0.1, 0.15) is 30.3 Å². The van der Waals surface area contributed by atoms with E-state index in [0.717, 1.165) is 6.42 Å². The minimum Gasteiger partial charge on any atom is -0.334 e. The third-order valence-corrected chi connectivity index (χ3v) is 3.02. The number of nitrogens with zero attached hydrogens (tertiary/aromatic N) is 1. The van der Waals surface area contributed by atoms with Crippen LogP contribution in [-0.2, 0) is 19.0 Å². The Balaban J connectivity index is 2.60. The number of aromatic nitrogens is 2. The molecule has 2 rings (SSSR count). The summed E-state index contributed by atoms with van der Waals surface area (Å²) in [5.74, 6) is 0.264. The van der Waals surface area contributed by atoms with Gasteiger partial charge in [0.1, 0.15) is 0 Å². The van der Waals surface area contributed by atoms with Gasteiger partial charge < -0.3 is 4.98 Å². The molecule has 2 nitrogen and oxygen atoms in total. The van der Waals surface area contributed by atoms with Crippen LogP contribution in [0.3, 0.4) is 0 Å². The van der Waals surface area contributed by atoms with Gasteiger partial charge in [0.05, 0.1) is 0 Å². The molecule has 0 aliphatic heterocycles. The van der Waals surface area contributed by atoms with Crippen LogP contribution in [0, 0.1) is 10.7 Å². The Kier molecular flexibility index (Phi) is 2.77. The molecule has 0 radical (unpaired) electrons. The topological polar surface area (TPSA) is 28.7 Å². The lowest BCUT2D eigenvalue weighted by Crippen LogP contribution is -2.21. The van der Waals surface area contributed by atoms with E-state index in [4.69, 9.17) is 12.2 Å². The Bertz CT molecular complexity index is 464. The van der Waals surface area contributed by atoms with E-state index in [2.05, 4.69) is 9.97 Å². The fourth-order valence-electron chi connectivity index (χ4n) is 2.05. The summed E-state index contributed by atoms with van der Waals surface area (Å²) in [4.78, 5) is 6.19. The van der Waals surface area contributed by atoms with Gasteiger partial charge in [-0.3, -0.25) is 0 Å². The first-order valence-electron chi connectivity index (χ1n) is 5.07. The van der Waals surface area contributed by atoms with Gasteiger partial charge in [0.2, 0.25) is 0 Å². The third-order valence-electron chi connectivity index (χ3n) is 2.83. The van der Waals surface area contributed by atoms with Gasteiger partial charge in [-0.2, -0.15) is 13.2 Å². The second kappa shape index (κ2) is 3.84. The van der Waals surface area contributed by atoms with Crippen LogP contribution in [0.4, 0.5) is 13.2 Å². The van der Waals surface area contributed by atoms with Gasteiger partial charge in [0, 0.05) is 11.3 Å². The summed E-state index contributed by atoms with van der Waals surface area (Å²) in [6.45, 7) is 1.95. The van der Waals surface area contributed by atoms with Crippen molar-refractivity contribution in [2.75, 3.05) is 0 Å². The van der Waals surface area contributed by atoms with Crippen molar-refractivity contribution in [2.45, 2.75) is 32.4 Å². The molecule has 0 saturated heterocycles. The highest BCUT2D eigenvalue weighted by atomic mass is 32.1. The highest BCUT2D eigenvalue weighted by molar-refractivity contribution is 7.71. The van der Waals surface area contributed by atoms with Gasteiger partial charge in [-0.25, -0.2) is 4.98 Å². The molecule has 0 spiro atoms. The second-order valence-corrected chi connectivity index (χ2v) is 4.58. The standard InChI is InChI=1S/C10H11F3N2S/c1-5-2-3-7-6(4-5)8(10(11,12)13)15-9(16)14-7/h5H,2-4H2,1H3,(H,14,15,16)/t5-/m0/s1. The molecule has 1 N–H and O–H groups in total. The molecule has 0 unspecified atom stereocenters. The fraction of sp³-hybridized carbons (Fsp3) is 0.600. The van der Waals surface area contributed by atoms with Crippen molar-refractivity contribution in [1.82, 2.24) is 9.97 Å². The molecule has 1 aliphatic rings. The smallest absolute Gasteiger partial charge is 0.334 e. The number of fused-ring (bicyclic) bond motifs is 1. The van der Waals surface area contributed by atoms with Gasteiger partial charge in [-0.1, -0.05) is 6.92 Å². The van der Waals surface area contributed by atoms with Crippen LogP contribution in [0.5, 0.6) is 0 Å². The first-order valence-corrected chi connectivity index (χ1v) is 5.48. The van der Waals surface area contributed by atoms with Crippen molar-refractivity contribution in [3.05, 3.63) is 21.7 Å². The first kappa shape index (κ1) is 11.6. The van der Waals surface area contributed by atoms with E-state index in [1.165, 1.54) is 0 Å². The number of aromatic amines is 1. The largest absolute Gasteiger partial charge is 0.433 e. The Morgan fingerprint density at radius 1 is 1.44 bits per heavy atom. The van der Waals surface area contributed by atoms with Crippen molar-refractivity contribution in [2.24, 2.45) is 5.92 Å². The van der Waals surface area contributed by atoms with Crippen molar-refractivity contribution < 1.29 is 13.2 Å². The zero-order valence-corrected chi connectivity index (χ0v) is 9.50. The number of H-pyrrole nitrogens is 1. The maximum Gasteiger partial charge on any atom is 0.433 e. The molecule has 1 atom stereocenters. The SMILES string of the molecule is C[C@H]1CCc2[nH]c(=S)nc(C(F)(F)F)c2C1. The summed E-state index contributed by atoms with van der Waals surface area (Å²) >= 11 is 4.72.